The van der Waals surface area contributed by atoms with E-state index in [4.69, 9.17) is 9.15 Å². The van der Waals surface area contributed by atoms with E-state index in [1.807, 2.05) is 0 Å². The number of ether oxygens (including phenoxy) is 1. The molecule has 5 heteroatoms. The molecule has 3 rings (SSSR count). The Bertz CT molecular complexity index is 341. The van der Waals surface area contributed by atoms with Crippen molar-refractivity contribution in [2.24, 2.45) is 0 Å². The van der Waals surface area contributed by atoms with Crippen molar-refractivity contribution >= 4 is 0 Å². The summed E-state index contributed by atoms with van der Waals surface area (Å²) in [7, 11) is 0. The van der Waals surface area contributed by atoms with Gasteiger partial charge in [-0.05, 0) is 38.6 Å². The summed E-state index contributed by atoms with van der Waals surface area (Å²) in [5.74, 6) is 1.38. The van der Waals surface area contributed by atoms with Gasteiger partial charge < -0.3 is 14.5 Å². The highest BCUT2D eigenvalue weighted by Gasteiger charge is 2.26. The van der Waals surface area contributed by atoms with Crippen LogP contribution < -0.4 is 5.32 Å². The summed E-state index contributed by atoms with van der Waals surface area (Å²) in [5, 5.41) is 11.6. The third kappa shape index (κ3) is 1.97. The monoisotopic (exact) mass is 223 g/mol. The number of nitrogens with one attached hydrogen (secondary N) is 1. The fourth-order valence-electron chi connectivity index (χ4n) is 2.35. The molecule has 0 saturated carbocycles. The summed E-state index contributed by atoms with van der Waals surface area (Å²) in [5.41, 5.74) is 0. The molecule has 2 aliphatic heterocycles. The Morgan fingerprint density at radius 1 is 1.06 bits per heavy atom. The second kappa shape index (κ2) is 4.51. The molecule has 2 atom stereocenters. The van der Waals surface area contributed by atoms with Gasteiger partial charge in [-0.15, -0.1) is 10.2 Å². The highest BCUT2D eigenvalue weighted by atomic mass is 16.5. The molecule has 2 unspecified atom stereocenters. The maximum Gasteiger partial charge on any atom is 0.245 e. The van der Waals surface area contributed by atoms with Crippen LogP contribution in [-0.4, -0.2) is 23.3 Å². The summed E-state index contributed by atoms with van der Waals surface area (Å²) in [6.45, 7) is 1.85. The van der Waals surface area contributed by atoms with Gasteiger partial charge in [-0.3, -0.25) is 0 Å². The van der Waals surface area contributed by atoms with Crippen molar-refractivity contribution in [3.63, 3.8) is 0 Å². The molecule has 5 nitrogen and oxygen atoms in total. The van der Waals surface area contributed by atoms with E-state index in [0.29, 0.717) is 5.89 Å². The maximum atomic E-state index is 5.70. The van der Waals surface area contributed by atoms with Crippen molar-refractivity contribution in [3.05, 3.63) is 11.8 Å². The Kier molecular flexibility index (Phi) is 2.88. The standard InChI is InChI=1S/C11H17N3O2/c1-2-7-15-9(5-1)11-14-13-10(16-11)8-4-3-6-12-8/h8-9,12H,1-7H2. The van der Waals surface area contributed by atoms with Crippen molar-refractivity contribution in [1.82, 2.24) is 15.5 Å². The van der Waals surface area contributed by atoms with Gasteiger partial charge >= 0.3 is 0 Å². The minimum absolute atomic E-state index is 0.0244. The smallest absolute Gasteiger partial charge is 0.245 e. The first kappa shape index (κ1) is 10.2. The van der Waals surface area contributed by atoms with Crippen LogP contribution in [0, 0.1) is 0 Å². The van der Waals surface area contributed by atoms with Gasteiger partial charge in [0.05, 0.1) is 6.04 Å². The molecule has 3 heterocycles. The molecule has 1 aromatic heterocycles. The fourth-order valence-corrected chi connectivity index (χ4v) is 2.35. The predicted molar refractivity (Wildman–Crippen MR) is 56.8 cm³/mol. The predicted octanol–water partition coefficient (Wildman–Crippen LogP) is 1.74. The van der Waals surface area contributed by atoms with Gasteiger partial charge in [0.2, 0.25) is 11.8 Å². The first-order chi connectivity index (χ1) is 7.93. The molecule has 0 aliphatic carbocycles. The van der Waals surface area contributed by atoms with Crippen LogP contribution in [0.4, 0.5) is 0 Å². The number of hydrogen-bond acceptors (Lipinski definition) is 5. The quantitative estimate of drug-likeness (QED) is 0.827. The van der Waals surface area contributed by atoms with Crippen molar-refractivity contribution in [2.75, 3.05) is 13.2 Å². The van der Waals surface area contributed by atoms with Gasteiger partial charge in [0.1, 0.15) is 6.10 Å². The van der Waals surface area contributed by atoms with Crippen LogP contribution in [0.25, 0.3) is 0 Å². The van der Waals surface area contributed by atoms with Gasteiger partial charge in [0, 0.05) is 6.61 Å². The van der Waals surface area contributed by atoms with E-state index in [2.05, 4.69) is 15.5 Å². The van der Waals surface area contributed by atoms with Crippen LogP contribution in [0.3, 0.4) is 0 Å². The Labute approximate surface area is 94.6 Å². The van der Waals surface area contributed by atoms with E-state index in [1.165, 1.54) is 12.8 Å². The summed E-state index contributed by atoms with van der Waals surface area (Å²) in [6, 6.07) is 0.254. The number of hydrogen-bond donors (Lipinski definition) is 1. The van der Waals surface area contributed by atoms with E-state index >= 15 is 0 Å². The Morgan fingerprint density at radius 3 is 2.75 bits per heavy atom. The summed E-state index contributed by atoms with van der Waals surface area (Å²) in [6.07, 6.45) is 5.62. The Balaban J connectivity index is 1.71. The summed E-state index contributed by atoms with van der Waals surface area (Å²) < 4.78 is 11.3. The van der Waals surface area contributed by atoms with Crippen molar-refractivity contribution in [1.29, 1.82) is 0 Å². The molecule has 16 heavy (non-hydrogen) atoms. The van der Waals surface area contributed by atoms with Gasteiger partial charge in [-0.25, -0.2) is 0 Å². The van der Waals surface area contributed by atoms with E-state index in [1.54, 1.807) is 0 Å². The fraction of sp³-hybridized carbons (Fsp3) is 0.818. The van der Waals surface area contributed by atoms with Crippen LogP contribution in [0.1, 0.15) is 56.0 Å². The summed E-state index contributed by atoms with van der Waals surface area (Å²) in [4.78, 5) is 0. The highest BCUT2D eigenvalue weighted by Crippen LogP contribution is 2.29. The average Bonchev–Trinajstić information content (AvgIpc) is 3.01. The van der Waals surface area contributed by atoms with Gasteiger partial charge in [-0.1, -0.05) is 0 Å². The first-order valence-electron chi connectivity index (χ1n) is 6.12. The zero-order valence-electron chi connectivity index (χ0n) is 9.32. The van der Waals surface area contributed by atoms with Crippen LogP contribution in [0.2, 0.25) is 0 Å². The molecule has 0 bridgehead atoms. The van der Waals surface area contributed by atoms with E-state index in [9.17, 15) is 0 Å². The van der Waals surface area contributed by atoms with Crippen LogP contribution >= 0.6 is 0 Å². The molecule has 2 saturated heterocycles. The van der Waals surface area contributed by atoms with Gasteiger partial charge in [0.25, 0.3) is 0 Å². The largest absolute Gasteiger partial charge is 0.421 e. The zero-order chi connectivity index (χ0) is 10.8. The molecule has 2 fully saturated rings. The van der Waals surface area contributed by atoms with Gasteiger partial charge in [-0.2, -0.15) is 0 Å². The third-order valence-corrected chi connectivity index (χ3v) is 3.27. The van der Waals surface area contributed by atoms with Crippen LogP contribution in [-0.2, 0) is 4.74 Å². The van der Waals surface area contributed by atoms with Crippen LogP contribution in [0.5, 0.6) is 0 Å². The molecule has 2 aliphatic rings. The zero-order valence-corrected chi connectivity index (χ0v) is 9.32. The molecule has 0 aromatic carbocycles. The average molecular weight is 223 g/mol. The summed E-state index contributed by atoms with van der Waals surface area (Å²) >= 11 is 0. The molecule has 0 spiro atoms. The first-order valence-corrected chi connectivity index (χ1v) is 6.12. The normalized spacial score (nSPS) is 30.8. The number of aromatic nitrogens is 2. The van der Waals surface area contributed by atoms with E-state index in [0.717, 1.165) is 38.3 Å². The number of rotatable bonds is 2. The molecule has 0 amide bonds. The molecule has 1 N–H and O–H groups in total. The highest BCUT2D eigenvalue weighted by molar-refractivity contribution is 4.95. The Hall–Kier alpha value is -0.940. The minimum atomic E-state index is 0.0244. The van der Waals surface area contributed by atoms with Crippen LogP contribution in [0.15, 0.2) is 4.42 Å². The molecular weight excluding hydrogens is 206 g/mol. The van der Waals surface area contributed by atoms with E-state index < -0.39 is 0 Å². The molecule has 0 radical (unpaired) electrons. The lowest BCUT2D eigenvalue weighted by atomic mass is 10.1. The molecule has 88 valence electrons. The second-order valence-corrected chi connectivity index (χ2v) is 4.48. The lowest BCUT2D eigenvalue weighted by molar-refractivity contribution is -0.00234. The lowest BCUT2D eigenvalue weighted by Crippen LogP contribution is -2.13. The van der Waals surface area contributed by atoms with E-state index in [-0.39, 0.29) is 12.1 Å². The molecule has 1 aromatic rings. The van der Waals surface area contributed by atoms with Crippen molar-refractivity contribution in [2.45, 2.75) is 44.2 Å². The molecular formula is C11H17N3O2. The number of nitrogens with zero attached hydrogens (tertiary/aromatic N) is 2. The minimum Gasteiger partial charge on any atom is -0.421 e. The Morgan fingerprint density at radius 2 is 2.00 bits per heavy atom. The maximum absolute atomic E-state index is 5.70. The third-order valence-electron chi connectivity index (χ3n) is 3.27. The van der Waals surface area contributed by atoms with Crippen molar-refractivity contribution < 1.29 is 9.15 Å². The second-order valence-electron chi connectivity index (χ2n) is 4.48. The topological polar surface area (TPSA) is 60.2 Å². The van der Waals surface area contributed by atoms with Crippen molar-refractivity contribution in [3.8, 4) is 0 Å². The lowest BCUT2D eigenvalue weighted by Gasteiger charge is -2.18. The van der Waals surface area contributed by atoms with Gasteiger partial charge in [0.15, 0.2) is 0 Å². The SMILES string of the molecule is C1CCC(c2nnc(C3CCCN3)o2)OC1.